The van der Waals surface area contributed by atoms with Crippen molar-refractivity contribution >= 4 is 11.7 Å². The van der Waals surface area contributed by atoms with Crippen LogP contribution in [0.5, 0.6) is 0 Å². The predicted octanol–water partition coefficient (Wildman–Crippen LogP) is 2.14. The van der Waals surface area contributed by atoms with Gasteiger partial charge in [-0.05, 0) is 25.0 Å². The molecule has 4 heteroatoms. The third kappa shape index (κ3) is 2.51. The van der Waals surface area contributed by atoms with Gasteiger partial charge in [0.25, 0.3) is 0 Å². The second-order valence-electron chi connectivity index (χ2n) is 3.55. The summed E-state index contributed by atoms with van der Waals surface area (Å²) in [6.45, 7) is 3.63. The van der Waals surface area contributed by atoms with Crippen molar-refractivity contribution < 1.29 is 9.90 Å². The molecule has 0 spiro atoms. The number of aryl methyl sites for hydroxylation is 1. The number of carboxylic acid groups (broad SMARTS) is 1. The van der Waals surface area contributed by atoms with E-state index in [2.05, 4.69) is 5.32 Å². The summed E-state index contributed by atoms with van der Waals surface area (Å²) in [4.78, 5) is 10.9. The first kappa shape index (κ1) is 12.1. The number of aliphatic carboxylic acids is 1. The van der Waals surface area contributed by atoms with Gasteiger partial charge in [0.1, 0.15) is 12.1 Å². The molecule has 16 heavy (non-hydrogen) atoms. The van der Waals surface area contributed by atoms with Crippen LogP contribution in [0.15, 0.2) is 18.2 Å². The Labute approximate surface area is 94.5 Å². The van der Waals surface area contributed by atoms with Gasteiger partial charge >= 0.3 is 5.97 Å². The molecule has 0 fully saturated rings. The van der Waals surface area contributed by atoms with E-state index in [9.17, 15) is 4.79 Å². The average Bonchev–Trinajstić information content (AvgIpc) is 2.26. The van der Waals surface area contributed by atoms with Gasteiger partial charge in [0, 0.05) is 0 Å². The van der Waals surface area contributed by atoms with Crippen LogP contribution in [-0.2, 0) is 4.79 Å². The second-order valence-corrected chi connectivity index (χ2v) is 3.55. The largest absolute Gasteiger partial charge is 0.480 e. The maximum atomic E-state index is 10.9. The molecule has 2 N–H and O–H groups in total. The van der Waals surface area contributed by atoms with Gasteiger partial charge in [-0.1, -0.05) is 19.1 Å². The zero-order valence-electron chi connectivity index (χ0n) is 9.32. The summed E-state index contributed by atoms with van der Waals surface area (Å²) < 4.78 is 0. The molecule has 0 aliphatic carbocycles. The molecule has 1 unspecified atom stereocenters. The fourth-order valence-electron chi connectivity index (χ4n) is 1.47. The number of para-hydroxylation sites is 1. The molecule has 0 saturated heterocycles. The first-order valence-electron chi connectivity index (χ1n) is 5.09. The fraction of sp³-hybridized carbons (Fsp3) is 0.333. The first-order valence-corrected chi connectivity index (χ1v) is 5.09. The van der Waals surface area contributed by atoms with Gasteiger partial charge in [-0.2, -0.15) is 5.26 Å². The van der Waals surface area contributed by atoms with Crippen LogP contribution in [0, 0.1) is 18.3 Å². The van der Waals surface area contributed by atoms with E-state index in [1.165, 1.54) is 0 Å². The van der Waals surface area contributed by atoms with E-state index < -0.39 is 12.0 Å². The number of carbonyl (C=O) groups is 1. The summed E-state index contributed by atoms with van der Waals surface area (Å²) in [7, 11) is 0. The van der Waals surface area contributed by atoms with Crippen LogP contribution in [-0.4, -0.2) is 17.1 Å². The standard InChI is InChI=1S/C12H14N2O2/c1-3-10(12(15)16)14-11-8(2)5-4-6-9(11)7-13/h4-6,10,14H,3H2,1-2H3,(H,15,16). The lowest BCUT2D eigenvalue weighted by Gasteiger charge is -2.16. The molecule has 1 rings (SSSR count). The summed E-state index contributed by atoms with van der Waals surface area (Å²) in [5.74, 6) is -0.908. The molecule has 0 aromatic heterocycles. The summed E-state index contributed by atoms with van der Waals surface area (Å²) in [6, 6.07) is 6.68. The molecule has 1 aromatic rings. The van der Waals surface area contributed by atoms with Crippen molar-refractivity contribution in [3.8, 4) is 6.07 Å². The molecular weight excluding hydrogens is 204 g/mol. The minimum atomic E-state index is -0.908. The molecule has 1 atom stereocenters. The summed E-state index contributed by atoms with van der Waals surface area (Å²) in [5, 5.41) is 20.8. The molecule has 84 valence electrons. The molecule has 0 aliphatic heterocycles. The molecule has 0 radical (unpaired) electrons. The van der Waals surface area contributed by atoms with Crippen LogP contribution in [0.2, 0.25) is 0 Å². The van der Waals surface area contributed by atoms with Crippen molar-refractivity contribution in [2.45, 2.75) is 26.3 Å². The van der Waals surface area contributed by atoms with Crippen molar-refractivity contribution in [3.63, 3.8) is 0 Å². The summed E-state index contributed by atoms with van der Waals surface area (Å²) in [6.07, 6.45) is 0.467. The van der Waals surface area contributed by atoms with Crippen LogP contribution >= 0.6 is 0 Å². The highest BCUT2D eigenvalue weighted by Gasteiger charge is 2.16. The van der Waals surface area contributed by atoms with Gasteiger partial charge in [-0.25, -0.2) is 4.79 Å². The van der Waals surface area contributed by atoms with E-state index in [4.69, 9.17) is 10.4 Å². The van der Waals surface area contributed by atoms with E-state index in [1.54, 1.807) is 19.1 Å². The maximum Gasteiger partial charge on any atom is 0.326 e. The molecule has 4 nitrogen and oxygen atoms in total. The quantitative estimate of drug-likeness (QED) is 0.812. The van der Waals surface area contributed by atoms with Crippen molar-refractivity contribution in [1.82, 2.24) is 0 Å². The van der Waals surface area contributed by atoms with Crippen molar-refractivity contribution in [2.75, 3.05) is 5.32 Å². The molecule has 0 saturated carbocycles. The van der Waals surface area contributed by atoms with E-state index in [0.717, 1.165) is 5.56 Å². The number of nitriles is 1. The topological polar surface area (TPSA) is 73.1 Å². The number of hydrogen-bond acceptors (Lipinski definition) is 3. The highest BCUT2D eigenvalue weighted by atomic mass is 16.4. The van der Waals surface area contributed by atoms with E-state index in [0.29, 0.717) is 17.7 Å². The number of nitrogens with zero attached hydrogens (tertiary/aromatic N) is 1. The van der Waals surface area contributed by atoms with Crippen molar-refractivity contribution in [2.24, 2.45) is 0 Å². The number of anilines is 1. The Morgan fingerprint density at radius 1 is 1.62 bits per heavy atom. The fourth-order valence-corrected chi connectivity index (χ4v) is 1.47. The highest BCUT2D eigenvalue weighted by Crippen LogP contribution is 2.21. The minimum Gasteiger partial charge on any atom is -0.480 e. The number of rotatable bonds is 4. The number of hydrogen-bond donors (Lipinski definition) is 2. The van der Waals surface area contributed by atoms with E-state index >= 15 is 0 Å². The normalized spacial score (nSPS) is 11.6. The Kier molecular flexibility index (Phi) is 3.90. The summed E-state index contributed by atoms with van der Waals surface area (Å²) >= 11 is 0. The van der Waals surface area contributed by atoms with E-state index in [-0.39, 0.29) is 0 Å². The average molecular weight is 218 g/mol. The van der Waals surface area contributed by atoms with Gasteiger partial charge in [0.2, 0.25) is 0 Å². The molecule has 0 bridgehead atoms. The Balaban J connectivity index is 3.05. The zero-order chi connectivity index (χ0) is 12.1. The number of carboxylic acids is 1. The van der Waals surface area contributed by atoms with Crippen LogP contribution < -0.4 is 5.32 Å². The number of benzene rings is 1. The van der Waals surface area contributed by atoms with Crippen LogP contribution in [0.1, 0.15) is 24.5 Å². The first-order chi connectivity index (χ1) is 7.60. The van der Waals surface area contributed by atoms with Gasteiger partial charge in [-0.15, -0.1) is 0 Å². The lowest BCUT2D eigenvalue weighted by Crippen LogP contribution is -2.29. The molecule has 0 aliphatic rings. The molecule has 0 amide bonds. The van der Waals surface area contributed by atoms with Crippen molar-refractivity contribution in [3.05, 3.63) is 29.3 Å². The van der Waals surface area contributed by atoms with Crippen LogP contribution in [0.4, 0.5) is 5.69 Å². The Hall–Kier alpha value is -2.02. The molecular formula is C12H14N2O2. The SMILES string of the molecule is CCC(Nc1c(C)cccc1C#N)C(=O)O. The Morgan fingerprint density at radius 2 is 2.31 bits per heavy atom. The van der Waals surface area contributed by atoms with Gasteiger partial charge in [0.15, 0.2) is 0 Å². The zero-order valence-corrected chi connectivity index (χ0v) is 9.32. The van der Waals surface area contributed by atoms with E-state index in [1.807, 2.05) is 19.1 Å². The van der Waals surface area contributed by atoms with Gasteiger partial charge in [-0.3, -0.25) is 0 Å². The molecule has 0 heterocycles. The number of nitrogens with one attached hydrogen (secondary N) is 1. The van der Waals surface area contributed by atoms with Gasteiger partial charge < -0.3 is 10.4 Å². The molecule has 1 aromatic carbocycles. The van der Waals surface area contributed by atoms with Crippen LogP contribution in [0.3, 0.4) is 0 Å². The monoisotopic (exact) mass is 218 g/mol. The predicted molar refractivity (Wildman–Crippen MR) is 61.2 cm³/mol. The summed E-state index contributed by atoms with van der Waals surface area (Å²) in [5.41, 5.74) is 1.96. The lowest BCUT2D eigenvalue weighted by molar-refractivity contribution is -0.137. The highest BCUT2D eigenvalue weighted by molar-refractivity contribution is 5.78. The smallest absolute Gasteiger partial charge is 0.326 e. The van der Waals surface area contributed by atoms with Gasteiger partial charge in [0.05, 0.1) is 11.3 Å². The Morgan fingerprint density at radius 3 is 2.81 bits per heavy atom. The third-order valence-electron chi connectivity index (χ3n) is 2.42. The van der Waals surface area contributed by atoms with Crippen LogP contribution in [0.25, 0.3) is 0 Å². The minimum absolute atomic E-state index is 0.467. The second kappa shape index (κ2) is 5.17. The Bertz CT molecular complexity index is 435. The maximum absolute atomic E-state index is 10.9. The lowest BCUT2D eigenvalue weighted by atomic mass is 10.1. The third-order valence-corrected chi connectivity index (χ3v) is 2.42. The van der Waals surface area contributed by atoms with Crippen molar-refractivity contribution in [1.29, 1.82) is 5.26 Å².